The average molecular weight is 404 g/mol. The van der Waals surface area contributed by atoms with Gasteiger partial charge in [-0.1, -0.05) is 47.1 Å². The molecule has 2 aromatic carbocycles. The van der Waals surface area contributed by atoms with E-state index in [1.54, 1.807) is 18.2 Å². The van der Waals surface area contributed by atoms with E-state index in [-0.39, 0.29) is 30.1 Å². The van der Waals surface area contributed by atoms with Crippen LogP contribution in [0, 0.1) is 6.92 Å². The highest BCUT2D eigenvalue weighted by Crippen LogP contribution is 2.25. The van der Waals surface area contributed by atoms with E-state index in [0.29, 0.717) is 22.5 Å². The van der Waals surface area contributed by atoms with Crippen LogP contribution in [0.3, 0.4) is 0 Å². The molecule has 0 fully saturated rings. The van der Waals surface area contributed by atoms with Gasteiger partial charge in [-0.25, -0.2) is 4.98 Å². The van der Waals surface area contributed by atoms with Gasteiger partial charge in [0.2, 0.25) is 5.91 Å². The van der Waals surface area contributed by atoms with E-state index in [1.165, 1.54) is 18.0 Å². The van der Waals surface area contributed by atoms with Crippen molar-refractivity contribution in [1.82, 2.24) is 14.7 Å². The van der Waals surface area contributed by atoms with E-state index in [4.69, 9.17) is 9.26 Å². The van der Waals surface area contributed by atoms with Gasteiger partial charge in [0.05, 0.1) is 12.8 Å². The summed E-state index contributed by atoms with van der Waals surface area (Å²) < 4.78 is 11.9. The van der Waals surface area contributed by atoms with Crippen molar-refractivity contribution in [3.8, 4) is 17.0 Å². The molecule has 152 valence electrons. The molecule has 0 radical (unpaired) electrons. The minimum absolute atomic E-state index is 0.0935. The van der Waals surface area contributed by atoms with Gasteiger partial charge >= 0.3 is 0 Å². The number of aryl methyl sites for hydroxylation is 2. The predicted molar refractivity (Wildman–Crippen MR) is 112 cm³/mol. The van der Waals surface area contributed by atoms with Crippen molar-refractivity contribution in [3.63, 3.8) is 0 Å². The first-order chi connectivity index (χ1) is 14.6. The number of anilines is 1. The van der Waals surface area contributed by atoms with Crippen LogP contribution in [0.2, 0.25) is 0 Å². The van der Waals surface area contributed by atoms with Gasteiger partial charge in [-0.15, -0.1) is 0 Å². The molecule has 4 rings (SSSR count). The highest BCUT2D eigenvalue weighted by molar-refractivity contribution is 5.92. The number of nitrogens with zero attached hydrogens (tertiary/aromatic N) is 3. The first-order valence-electron chi connectivity index (χ1n) is 9.41. The maximum Gasteiger partial charge on any atom is 0.266 e. The van der Waals surface area contributed by atoms with Crippen LogP contribution in [-0.4, -0.2) is 27.7 Å². The van der Waals surface area contributed by atoms with Crippen molar-refractivity contribution in [3.05, 3.63) is 70.8 Å². The highest BCUT2D eigenvalue weighted by atomic mass is 16.5. The van der Waals surface area contributed by atoms with Crippen molar-refractivity contribution >= 4 is 22.7 Å². The van der Waals surface area contributed by atoms with E-state index in [0.717, 1.165) is 11.1 Å². The fourth-order valence-corrected chi connectivity index (χ4v) is 3.13. The number of amides is 1. The lowest BCUT2D eigenvalue weighted by atomic mass is 10.1. The number of carbonyl (C=O) groups excluding carboxylic acids is 1. The number of benzene rings is 2. The Kier molecular flexibility index (Phi) is 5.30. The van der Waals surface area contributed by atoms with Crippen molar-refractivity contribution < 1.29 is 14.1 Å². The zero-order valence-corrected chi connectivity index (χ0v) is 16.6. The summed E-state index contributed by atoms with van der Waals surface area (Å²) in [6.07, 6.45) is 1.46. The number of aromatic nitrogens is 3. The molecule has 8 nitrogen and oxygen atoms in total. The second-order valence-corrected chi connectivity index (χ2v) is 6.82. The molecule has 1 amide bonds. The minimum Gasteiger partial charge on any atom is -0.495 e. The Bertz CT molecular complexity index is 1260. The first kappa shape index (κ1) is 19.4. The molecule has 30 heavy (non-hydrogen) atoms. The standard InChI is InChI=1S/C22H20N4O4/c1-14-7-9-15(10-8-14)20-19-21(30-25-20)23-13-26(22(19)28)12-11-18(27)24-16-5-3-4-6-17(16)29-2/h3-10,13H,11-12H2,1-2H3,(H,24,27). The van der Waals surface area contributed by atoms with Crippen LogP contribution in [0.5, 0.6) is 5.75 Å². The number of rotatable bonds is 6. The Hall–Kier alpha value is -3.94. The Balaban J connectivity index is 1.55. The van der Waals surface area contributed by atoms with E-state index in [2.05, 4.69) is 15.5 Å². The predicted octanol–water partition coefficient (Wildman–Crippen LogP) is 3.40. The number of methoxy groups -OCH3 is 1. The summed E-state index contributed by atoms with van der Waals surface area (Å²) in [4.78, 5) is 29.5. The summed E-state index contributed by atoms with van der Waals surface area (Å²) in [5.74, 6) is 0.328. The zero-order chi connectivity index (χ0) is 21.1. The van der Waals surface area contributed by atoms with Gasteiger partial charge in [0, 0.05) is 18.5 Å². The van der Waals surface area contributed by atoms with Crippen LogP contribution in [0.1, 0.15) is 12.0 Å². The smallest absolute Gasteiger partial charge is 0.266 e. The zero-order valence-electron chi connectivity index (χ0n) is 16.6. The third-order valence-corrected chi connectivity index (χ3v) is 4.75. The number of para-hydroxylation sites is 2. The lowest BCUT2D eigenvalue weighted by Gasteiger charge is -2.10. The second-order valence-electron chi connectivity index (χ2n) is 6.82. The molecule has 0 aliphatic heterocycles. The Morgan fingerprint density at radius 3 is 2.70 bits per heavy atom. The van der Waals surface area contributed by atoms with E-state index in [9.17, 15) is 9.59 Å². The Morgan fingerprint density at radius 2 is 1.93 bits per heavy atom. The van der Waals surface area contributed by atoms with Gasteiger partial charge in [0.1, 0.15) is 23.2 Å². The molecule has 2 heterocycles. The van der Waals surface area contributed by atoms with Crippen molar-refractivity contribution in [2.24, 2.45) is 0 Å². The summed E-state index contributed by atoms with van der Waals surface area (Å²) in [7, 11) is 1.54. The normalized spacial score (nSPS) is 10.9. The molecule has 0 aliphatic rings. The largest absolute Gasteiger partial charge is 0.495 e. The molecule has 0 unspecified atom stereocenters. The van der Waals surface area contributed by atoms with Crippen LogP contribution in [-0.2, 0) is 11.3 Å². The quantitative estimate of drug-likeness (QED) is 0.529. The van der Waals surface area contributed by atoms with Crippen molar-refractivity contribution in [2.45, 2.75) is 19.9 Å². The summed E-state index contributed by atoms with van der Waals surface area (Å²) in [6.45, 7) is 2.15. The summed E-state index contributed by atoms with van der Waals surface area (Å²) in [5.41, 5.74) is 2.75. The molecular weight excluding hydrogens is 384 g/mol. The maximum atomic E-state index is 13.0. The average Bonchev–Trinajstić information content (AvgIpc) is 3.19. The molecule has 1 N–H and O–H groups in total. The molecular formula is C22H20N4O4. The van der Waals surface area contributed by atoms with Gasteiger partial charge in [-0.2, -0.15) is 0 Å². The van der Waals surface area contributed by atoms with Crippen LogP contribution >= 0.6 is 0 Å². The number of fused-ring (bicyclic) bond motifs is 1. The van der Waals surface area contributed by atoms with Gasteiger partial charge in [-0.3, -0.25) is 14.2 Å². The fraction of sp³-hybridized carbons (Fsp3) is 0.182. The number of carbonyl (C=O) groups is 1. The Labute approximate surface area is 172 Å². The lowest BCUT2D eigenvalue weighted by Crippen LogP contribution is -2.23. The van der Waals surface area contributed by atoms with Gasteiger partial charge in [0.25, 0.3) is 11.3 Å². The Morgan fingerprint density at radius 1 is 1.17 bits per heavy atom. The van der Waals surface area contributed by atoms with Gasteiger partial charge in [-0.05, 0) is 19.1 Å². The summed E-state index contributed by atoms with van der Waals surface area (Å²) in [5, 5.41) is 7.12. The topological polar surface area (TPSA) is 99.2 Å². The molecule has 2 aromatic heterocycles. The number of nitrogens with one attached hydrogen (secondary N) is 1. The highest BCUT2D eigenvalue weighted by Gasteiger charge is 2.17. The molecule has 8 heteroatoms. The molecule has 4 aromatic rings. The molecule has 0 saturated carbocycles. The number of ether oxygens (including phenoxy) is 1. The monoisotopic (exact) mass is 404 g/mol. The summed E-state index contributed by atoms with van der Waals surface area (Å²) in [6, 6.07) is 14.8. The van der Waals surface area contributed by atoms with Crippen molar-refractivity contribution in [1.29, 1.82) is 0 Å². The van der Waals surface area contributed by atoms with Gasteiger partial charge in [0.15, 0.2) is 0 Å². The molecule has 0 aliphatic carbocycles. The first-order valence-corrected chi connectivity index (χ1v) is 9.41. The van der Waals surface area contributed by atoms with Crippen LogP contribution in [0.4, 0.5) is 5.69 Å². The van der Waals surface area contributed by atoms with Crippen LogP contribution < -0.4 is 15.6 Å². The fourth-order valence-electron chi connectivity index (χ4n) is 3.13. The SMILES string of the molecule is COc1ccccc1NC(=O)CCn1cnc2onc(-c3ccc(C)cc3)c2c1=O. The maximum absolute atomic E-state index is 13.0. The van der Waals surface area contributed by atoms with Crippen molar-refractivity contribution in [2.75, 3.05) is 12.4 Å². The third-order valence-electron chi connectivity index (χ3n) is 4.75. The van der Waals surface area contributed by atoms with E-state index in [1.807, 2.05) is 37.3 Å². The van der Waals surface area contributed by atoms with E-state index >= 15 is 0 Å². The molecule has 0 atom stereocenters. The number of hydrogen-bond donors (Lipinski definition) is 1. The van der Waals surface area contributed by atoms with E-state index < -0.39 is 0 Å². The lowest BCUT2D eigenvalue weighted by molar-refractivity contribution is -0.116. The number of hydrogen-bond acceptors (Lipinski definition) is 6. The molecule has 0 spiro atoms. The van der Waals surface area contributed by atoms with Gasteiger partial charge < -0.3 is 14.6 Å². The summed E-state index contributed by atoms with van der Waals surface area (Å²) >= 11 is 0. The van der Waals surface area contributed by atoms with Crippen LogP contribution in [0.25, 0.3) is 22.4 Å². The second kappa shape index (κ2) is 8.20. The third kappa shape index (κ3) is 3.80. The van der Waals surface area contributed by atoms with Crippen LogP contribution in [0.15, 0.2) is 64.2 Å². The molecule has 0 bridgehead atoms. The molecule has 0 saturated heterocycles. The minimum atomic E-state index is -0.304.